The van der Waals surface area contributed by atoms with Crippen LogP contribution in [0.25, 0.3) is 0 Å². The van der Waals surface area contributed by atoms with E-state index in [-0.39, 0.29) is 18.8 Å². The summed E-state index contributed by atoms with van der Waals surface area (Å²) in [6.07, 6.45) is 3.29. The van der Waals surface area contributed by atoms with Crippen molar-refractivity contribution in [2.75, 3.05) is 6.61 Å². The summed E-state index contributed by atoms with van der Waals surface area (Å²) in [7, 11) is 0. The number of ether oxygens (including phenoxy) is 1. The van der Waals surface area contributed by atoms with Crippen molar-refractivity contribution in [3.8, 4) is 5.75 Å². The highest BCUT2D eigenvalue weighted by Gasteiger charge is 2.33. The highest BCUT2D eigenvalue weighted by atomic mass is 16.5. The van der Waals surface area contributed by atoms with E-state index in [1.54, 1.807) is 17.3 Å². The molecule has 0 spiro atoms. The molecule has 2 aromatic rings. The normalized spacial score (nSPS) is 17.7. The van der Waals surface area contributed by atoms with E-state index in [0.717, 1.165) is 5.56 Å². The summed E-state index contributed by atoms with van der Waals surface area (Å²) < 4.78 is 6.77. The van der Waals surface area contributed by atoms with E-state index in [9.17, 15) is 14.7 Å². The van der Waals surface area contributed by atoms with E-state index in [0.29, 0.717) is 24.7 Å². The van der Waals surface area contributed by atoms with Crippen molar-refractivity contribution in [2.45, 2.75) is 32.6 Å². The lowest BCUT2D eigenvalue weighted by atomic mass is 10.1. The number of carbonyl (C=O) groups is 1. The van der Waals surface area contributed by atoms with Gasteiger partial charge in [0, 0.05) is 12.7 Å². The van der Waals surface area contributed by atoms with E-state index in [2.05, 4.69) is 15.2 Å². The first kappa shape index (κ1) is 15.2. The zero-order valence-electron chi connectivity index (χ0n) is 12.6. The Morgan fingerprint density at radius 2 is 2.35 bits per heavy atom. The van der Waals surface area contributed by atoms with Crippen molar-refractivity contribution in [3.63, 3.8) is 0 Å². The first-order chi connectivity index (χ1) is 11.1. The molecule has 0 bridgehead atoms. The number of nitrogens with one attached hydrogen (secondary N) is 1. The Labute approximate surface area is 131 Å². The molecule has 3 heterocycles. The van der Waals surface area contributed by atoms with Gasteiger partial charge < -0.3 is 9.84 Å². The van der Waals surface area contributed by atoms with Crippen LogP contribution in [0.4, 0.5) is 0 Å². The highest BCUT2D eigenvalue weighted by molar-refractivity contribution is 5.73. The van der Waals surface area contributed by atoms with Gasteiger partial charge in [0.25, 0.3) is 0 Å². The van der Waals surface area contributed by atoms with Gasteiger partial charge in [0.1, 0.15) is 17.6 Å². The van der Waals surface area contributed by atoms with Crippen molar-refractivity contribution in [1.82, 2.24) is 24.6 Å². The van der Waals surface area contributed by atoms with Crippen LogP contribution >= 0.6 is 0 Å². The van der Waals surface area contributed by atoms with Gasteiger partial charge in [0.2, 0.25) is 0 Å². The molecule has 9 nitrogen and oxygen atoms in total. The maximum absolute atomic E-state index is 11.6. The molecule has 2 N–H and O–H groups in total. The van der Waals surface area contributed by atoms with Crippen LogP contribution in [0, 0.1) is 0 Å². The highest BCUT2D eigenvalue weighted by Crippen LogP contribution is 2.19. The van der Waals surface area contributed by atoms with Gasteiger partial charge >= 0.3 is 11.7 Å². The predicted octanol–water partition coefficient (Wildman–Crippen LogP) is -0.166. The minimum absolute atomic E-state index is 0.0680. The zero-order chi connectivity index (χ0) is 16.4. The number of carboxylic acids is 1. The summed E-state index contributed by atoms with van der Waals surface area (Å²) in [4.78, 5) is 29.0. The lowest BCUT2D eigenvalue weighted by molar-refractivity contribution is -0.145. The molecule has 1 aliphatic rings. The third kappa shape index (κ3) is 3.09. The number of aliphatic carboxylic acids is 1. The van der Waals surface area contributed by atoms with Crippen molar-refractivity contribution in [3.05, 3.63) is 40.3 Å². The van der Waals surface area contributed by atoms with Crippen molar-refractivity contribution < 1.29 is 14.6 Å². The number of fused-ring (bicyclic) bond motifs is 1. The van der Waals surface area contributed by atoms with Crippen molar-refractivity contribution in [2.24, 2.45) is 0 Å². The molecule has 9 heteroatoms. The number of carboxylic acid groups (broad SMARTS) is 1. The van der Waals surface area contributed by atoms with Gasteiger partial charge in [-0.25, -0.2) is 9.89 Å². The second kappa shape index (κ2) is 6.21. The number of nitrogens with zero attached hydrogens (tertiary/aromatic N) is 4. The SMILES string of the molecule is CCOc1cncc(CN2Cc3n[nH]c(=O)n3CC2C(=O)O)c1. The van der Waals surface area contributed by atoms with E-state index in [1.165, 1.54) is 4.57 Å². The summed E-state index contributed by atoms with van der Waals surface area (Å²) in [6.45, 7) is 3.14. The van der Waals surface area contributed by atoms with E-state index < -0.39 is 12.0 Å². The molecular formula is C14H17N5O4. The quantitative estimate of drug-likeness (QED) is 0.787. The number of H-pyrrole nitrogens is 1. The van der Waals surface area contributed by atoms with Crippen LogP contribution in [-0.2, 0) is 24.4 Å². The molecule has 0 amide bonds. The van der Waals surface area contributed by atoms with Crippen LogP contribution in [0.1, 0.15) is 18.3 Å². The first-order valence-electron chi connectivity index (χ1n) is 7.26. The molecule has 0 aliphatic carbocycles. The molecule has 1 aliphatic heterocycles. The molecule has 1 unspecified atom stereocenters. The molecule has 23 heavy (non-hydrogen) atoms. The third-order valence-corrected chi connectivity index (χ3v) is 3.73. The van der Waals surface area contributed by atoms with E-state index in [1.807, 2.05) is 13.0 Å². The summed E-state index contributed by atoms with van der Waals surface area (Å²) in [5, 5.41) is 15.7. The maximum atomic E-state index is 11.6. The van der Waals surface area contributed by atoms with Crippen LogP contribution in [-0.4, -0.2) is 48.4 Å². The largest absolute Gasteiger partial charge is 0.492 e. The minimum atomic E-state index is -0.974. The second-order valence-electron chi connectivity index (χ2n) is 5.28. The van der Waals surface area contributed by atoms with Gasteiger partial charge in [0.05, 0.1) is 25.9 Å². The number of aromatic nitrogens is 4. The number of rotatable bonds is 5. The molecular weight excluding hydrogens is 302 g/mol. The summed E-state index contributed by atoms with van der Waals surface area (Å²) in [5.41, 5.74) is 0.458. The lowest BCUT2D eigenvalue weighted by Gasteiger charge is -2.32. The second-order valence-corrected chi connectivity index (χ2v) is 5.28. The molecule has 0 aromatic carbocycles. The Morgan fingerprint density at radius 3 is 3.09 bits per heavy atom. The molecule has 2 aromatic heterocycles. The average Bonchev–Trinajstić information content (AvgIpc) is 2.88. The van der Waals surface area contributed by atoms with Crippen molar-refractivity contribution >= 4 is 5.97 Å². The van der Waals surface area contributed by atoms with E-state index >= 15 is 0 Å². The van der Waals surface area contributed by atoms with Gasteiger partial charge in [-0.1, -0.05) is 0 Å². The monoisotopic (exact) mass is 319 g/mol. The summed E-state index contributed by atoms with van der Waals surface area (Å²) >= 11 is 0. The van der Waals surface area contributed by atoms with Crippen LogP contribution in [0.15, 0.2) is 23.3 Å². The molecule has 3 rings (SSSR count). The maximum Gasteiger partial charge on any atom is 0.343 e. The third-order valence-electron chi connectivity index (χ3n) is 3.73. The Morgan fingerprint density at radius 1 is 1.52 bits per heavy atom. The summed E-state index contributed by atoms with van der Waals surface area (Å²) in [6, 6.07) is 1.04. The minimum Gasteiger partial charge on any atom is -0.492 e. The number of pyridine rings is 1. The Balaban J connectivity index is 1.84. The lowest BCUT2D eigenvalue weighted by Crippen LogP contribution is -2.49. The molecule has 0 saturated heterocycles. The number of hydrogen-bond acceptors (Lipinski definition) is 6. The van der Waals surface area contributed by atoms with Crippen LogP contribution < -0.4 is 10.4 Å². The molecule has 0 radical (unpaired) electrons. The average molecular weight is 319 g/mol. The molecule has 1 atom stereocenters. The van der Waals surface area contributed by atoms with Gasteiger partial charge in [-0.2, -0.15) is 5.10 Å². The molecule has 0 saturated carbocycles. The fourth-order valence-corrected chi connectivity index (χ4v) is 2.67. The number of hydrogen-bond donors (Lipinski definition) is 2. The fourth-order valence-electron chi connectivity index (χ4n) is 2.67. The van der Waals surface area contributed by atoms with Gasteiger partial charge in [-0.05, 0) is 18.6 Å². The van der Waals surface area contributed by atoms with Crippen LogP contribution in [0.5, 0.6) is 5.75 Å². The Kier molecular flexibility index (Phi) is 4.11. The zero-order valence-corrected chi connectivity index (χ0v) is 12.6. The Hall–Kier alpha value is -2.68. The number of aromatic amines is 1. The first-order valence-corrected chi connectivity index (χ1v) is 7.26. The fraction of sp³-hybridized carbons (Fsp3) is 0.429. The van der Waals surface area contributed by atoms with Gasteiger partial charge in [-0.15, -0.1) is 0 Å². The van der Waals surface area contributed by atoms with Crippen LogP contribution in [0.3, 0.4) is 0 Å². The smallest absolute Gasteiger partial charge is 0.343 e. The topological polar surface area (TPSA) is 113 Å². The van der Waals surface area contributed by atoms with Crippen molar-refractivity contribution in [1.29, 1.82) is 0 Å². The van der Waals surface area contributed by atoms with E-state index in [4.69, 9.17) is 4.74 Å². The Bertz CT molecular complexity index is 769. The molecule has 122 valence electrons. The predicted molar refractivity (Wildman–Crippen MR) is 78.9 cm³/mol. The van der Waals surface area contributed by atoms with Gasteiger partial charge in [0.15, 0.2) is 0 Å². The molecule has 0 fully saturated rings. The summed E-state index contributed by atoms with van der Waals surface area (Å²) in [5.74, 6) is 0.199. The van der Waals surface area contributed by atoms with Gasteiger partial charge in [-0.3, -0.25) is 19.2 Å². The van der Waals surface area contributed by atoms with Crippen LogP contribution in [0.2, 0.25) is 0 Å². The standard InChI is InChI=1S/C14H17N5O4/c1-2-23-10-3-9(4-15-5-10)6-18-8-12-16-17-14(22)19(12)7-11(18)13(20)21/h3-5,11H,2,6-8H2,1H3,(H,17,22)(H,20,21).